The number of carboxylic acid groups (broad SMARTS) is 1. The summed E-state index contributed by atoms with van der Waals surface area (Å²) in [5.41, 5.74) is 6.12. The first-order valence-electron chi connectivity index (χ1n) is 11.0. The van der Waals surface area contributed by atoms with Gasteiger partial charge in [0.05, 0.1) is 0 Å². The molecule has 0 spiro atoms. The van der Waals surface area contributed by atoms with Gasteiger partial charge in [0, 0.05) is 28.8 Å². The van der Waals surface area contributed by atoms with Crippen LogP contribution in [0.15, 0.2) is 28.7 Å². The van der Waals surface area contributed by atoms with Gasteiger partial charge in [-0.15, -0.1) is 0 Å². The molecule has 0 aliphatic carbocycles. The quantitative estimate of drug-likeness (QED) is 0.299. The normalized spacial score (nSPS) is 11.3. The van der Waals surface area contributed by atoms with Crippen LogP contribution < -0.4 is 4.74 Å². The van der Waals surface area contributed by atoms with E-state index < -0.39 is 5.97 Å². The van der Waals surface area contributed by atoms with E-state index in [-0.39, 0.29) is 6.42 Å². The fraction of sp³-hybridized carbons (Fsp3) is 0.423. The Bertz CT molecular complexity index is 1100. The lowest BCUT2D eigenvalue weighted by Crippen LogP contribution is -2.05. The molecule has 4 nitrogen and oxygen atoms in total. The Labute approximate surface area is 199 Å². The van der Waals surface area contributed by atoms with Crippen LogP contribution in [-0.4, -0.2) is 23.1 Å². The molecule has 1 N–H and O–H groups in total. The van der Waals surface area contributed by atoms with Crippen molar-refractivity contribution in [2.45, 2.75) is 59.5 Å². The molecule has 0 atom stereocenters. The summed E-state index contributed by atoms with van der Waals surface area (Å²) in [6.45, 7) is 6.48. The highest BCUT2D eigenvalue weighted by atomic mass is 35.5. The van der Waals surface area contributed by atoms with E-state index in [1.54, 1.807) is 0 Å². The van der Waals surface area contributed by atoms with Gasteiger partial charge < -0.3 is 14.3 Å². The van der Waals surface area contributed by atoms with Gasteiger partial charge in [0.15, 0.2) is 0 Å². The number of hydrogen-bond donors (Lipinski definition) is 1. The number of aliphatic carboxylic acids is 1. The maximum Gasteiger partial charge on any atom is 0.303 e. The first-order chi connectivity index (χ1) is 15.3. The van der Waals surface area contributed by atoms with Crippen LogP contribution >= 0.6 is 23.4 Å². The second-order valence-corrected chi connectivity index (χ2v) is 9.44. The third kappa shape index (κ3) is 5.62. The summed E-state index contributed by atoms with van der Waals surface area (Å²) in [7, 11) is 0. The topological polar surface area (TPSA) is 59.7 Å². The lowest BCUT2D eigenvalue weighted by atomic mass is 9.98. The molecule has 0 fully saturated rings. The van der Waals surface area contributed by atoms with Gasteiger partial charge in [-0.1, -0.05) is 24.6 Å². The monoisotopic (exact) mass is 474 g/mol. The molecular formula is C26H31ClO4S. The molecule has 1 heterocycles. The summed E-state index contributed by atoms with van der Waals surface area (Å²) in [6, 6.07) is 7.97. The van der Waals surface area contributed by atoms with Crippen molar-refractivity contribution in [1.82, 2.24) is 0 Å². The van der Waals surface area contributed by atoms with Crippen LogP contribution in [0.1, 0.15) is 53.3 Å². The zero-order chi connectivity index (χ0) is 23.3. The fourth-order valence-electron chi connectivity index (χ4n) is 3.97. The number of fused-ring (bicyclic) bond motifs is 1. The molecular weight excluding hydrogens is 444 g/mol. The van der Waals surface area contributed by atoms with Gasteiger partial charge in [-0.2, -0.15) is 11.8 Å². The first-order valence-corrected chi connectivity index (χ1v) is 12.8. The smallest absolute Gasteiger partial charge is 0.303 e. The van der Waals surface area contributed by atoms with E-state index >= 15 is 0 Å². The maximum atomic E-state index is 10.9. The van der Waals surface area contributed by atoms with Crippen LogP contribution in [-0.2, 0) is 30.7 Å². The largest absolute Gasteiger partial charge is 0.488 e. The molecule has 0 saturated heterocycles. The number of furan rings is 1. The molecule has 0 amide bonds. The third-order valence-electron chi connectivity index (χ3n) is 5.97. The number of carbonyl (C=O) groups is 1. The lowest BCUT2D eigenvalue weighted by molar-refractivity contribution is -0.136. The number of halogens is 1. The van der Waals surface area contributed by atoms with E-state index in [9.17, 15) is 4.79 Å². The number of thioether (sulfide) groups is 1. The van der Waals surface area contributed by atoms with Crippen molar-refractivity contribution < 1.29 is 19.1 Å². The Balaban J connectivity index is 1.92. The molecule has 32 heavy (non-hydrogen) atoms. The van der Waals surface area contributed by atoms with Crippen molar-refractivity contribution in [3.05, 3.63) is 62.9 Å². The number of carboxylic acids is 1. The van der Waals surface area contributed by atoms with Crippen molar-refractivity contribution >= 4 is 40.3 Å². The molecule has 0 aliphatic heterocycles. The summed E-state index contributed by atoms with van der Waals surface area (Å²) in [4.78, 5) is 10.9. The van der Waals surface area contributed by atoms with E-state index in [1.807, 2.05) is 43.8 Å². The molecule has 0 saturated carbocycles. The number of benzene rings is 2. The van der Waals surface area contributed by atoms with Gasteiger partial charge in [-0.3, -0.25) is 4.79 Å². The van der Waals surface area contributed by atoms with E-state index in [0.717, 1.165) is 80.3 Å². The minimum Gasteiger partial charge on any atom is -0.488 e. The highest BCUT2D eigenvalue weighted by Gasteiger charge is 2.18. The first kappa shape index (κ1) is 24.5. The van der Waals surface area contributed by atoms with E-state index in [1.165, 1.54) is 0 Å². The molecule has 2 aromatic carbocycles. The van der Waals surface area contributed by atoms with E-state index in [4.69, 9.17) is 25.9 Å². The molecule has 0 bridgehead atoms. The van der Waals surface area contributed by atoms with Crippen LogP contribution in [0.2, 0.25) is 5.02 Å². The van der Waals surface area contributed by atoms with Crippen molar-refractivity contribution in [3.8, 4) is 5.75 Å². The predicted octanol–water partition coefficient (Wildman–Crippen LogP) is 7.16. The highest BCUT2D eigenvalue weighted by molar-refractivity contribution is 7.98. The van der Waals surface area contributed by atoms with Gasteiger partial charge in [-0.05, 0) is 85.6 Å². The molecule has 0 radical (unpaired) electrons. The Morgan fingerprint density at radius 2 is 1.94 bits per heavy atom. The van der Waals surface area contributed by atoms with E-state index in [2.05, 4.69) is 19.2 Å². The zero-order valence-electron chi connectivity index (χ0n) is 19.2. The molecule has 0 aliphatic rings. The summed E-state index contributed by atoms with van der Waals surface area (Å²) in [6.07, 6.45) is 5.49. The van der Waals surface area contributed by atoms with Crippen LogP contribution in [0, 0.1) is 13.8 Å². The molecule has 1 aromatic heterocycles. The molecule has 6 heteroatoms. The van der Waals surface area contributed by atoms with Crippen molar-refractivity contribution in [2.75, 3.05) is 12.0 Å². The zero-order valence-corrected chi connectivity index (χ0v) is 20.8. The molecule has 3 rings (SSSR count). The Kier molecular flexibility index (Phi) is 8.55. The summed E-state index contributed by atoms with van der Waals surface area (Å²) in [5, 5.41) is 10.8. The SMILES string of the molecule is CCc1cc2cc(Cl)c(CCCSC)c(COc3ccc(CCC(=O)O)c(C)c3C)c2o1. The van der Waals surface area contributed by atoms with E-state index in [0.29, 0.717) is 13.0 Å². The van der Waals surface area contributed by atoms with Gasteiger partial charge >= 0.3 is 5.97 Å². The van der Waals surface area contributed by atoms with Crippen molar-refractivity contribution in [3.63, 3.8) is 0 Å². The minimum atomic E-state index is -0.786. The standard InChI is InChI=1S/C26H31ClO4S/c1-5-20-13-19-14-23(27)21(7-6-12-32-4)22(26(19)31-20)15-30-24-10-8-18(9-11-25(28)29)16(2)17(24)3/h8,10,13-14H,5-7,9,11-12,15H2,1-4H3,(H,28,29). The second-order valence-electron chi connectivity index (χ2n) is 8.05. The lowest BCUT2D eigenvalue weighted by Gasteiger charge is -2.17. The average Bonchev–Trinajstić information content (AvgIpc) is 3.17. The minimum absolute atomic E-state index is 0.124. The number of hydrogen-bond acceptors (Lipinski definition) is 4. The van der Waals surface area contributed by atoms with Gasteiger partial charge in [0.1, 0.15) is 23.7 Å². The van der Waals surface area contributed by atoms with Crippen LogP contribution in [0.4, 0.5) is 0 Å². The summed E-state index contributed by atoms with van der Waals surface area (Å²) >= 11 is 8.54. The van der Waals surface area contributed by atoms with Gasteiger partial charge in [0.2, 0.25) is 0 Å². The van der Waals surface area contributed by atoms with Crippen molar-refractivity contribution in [1.29, 1.82) is 0 Å². The summed E-state index contributed by atoms with van der Waals surface area (Å²) < 4.78 is 12.5. The highest BCUT2D eigenvalue weighted by Crippen LogP contribution is 2.34. The van der Waals surface area contributed by atoms with Gasteiger partial charge in [-0.25, -0.2) is 0 Å². The third-order valence-corrected chi connectivity index (χ3v) is 7.01. The van der Waals surface area contributed by atoms with Crippen LogP contribution in [0.25, 0.3) is 11.0 Å². The van der Waals surface area contributed by atoms with Gasteiger partial charge in [0.25, 0.3) is 0 Å². The molecule has 3 aromatic rings. The predicted molar refractivity (Wildman–Crippen MR) is 134 cm³/mol. The number of aryl methyl sites for hydroxylation is 2. The molecule has 172 valence electrons. The average molecular weight is 475 g/mol. The Hall–Kier alpha value is -2.11. The summed E-state index contributed by atoms with van der Waals surface area (Å²) in [5.74, 6) is 2.02. The number of rotatable bonds is 11. The second kappa shape index (κ2) is 11.2. The Morgan fingerprint density at radius 3 is 2.62 bits per heavy atom. The Morgan fingerprint density at radius 1 is 1.16 bits per heavy atom. The van der Waals surface area contributed by atoms with Crippen LogP contribution in [0.3, 0.4) is 0 Å². The maximum absolute atomic E-state index is 10.9. The van der Waals surface area contributed by atoms with Crippen molar-refractivity contribution in [2.24, 2.45) is 0 Å². The number of ether oxygens (including phenoxy) is 1. The fourth-order valence-corrected chi connectivity index (χ4v) is 4.73. The molecule has 0 unspecified atom stereocenters. The van der Waals surface area contributed by atoms with Crippen LogP contribution in [0.5, 0.6) is 5.75 Å².